The molecular formula is C18H20ClNO2. The van der Waals surface area contributed by atoms with Crippen LogP contribution in [-0.2, 0) is 11.3 Å². The van der Waals surface area contributed by atoms with E-state index < -0.39 is 0 Å². The minimum absolute atomic E-state index is 0.211. The van der Waals surface area contributed by atoms with Gasteiger partial charge in [-0.2, -0.15) is 0 Å². The van der Waals surface area contributed by atoms with Crippen LogP contribution < -0.4 is 0 Å². The van der Waals surface area contributed by atoms with Crippen molar-refractivity contribution in [3.05, 3.63) is 70.7 Å². The predicted octanol–water partition coefficient (Wildman–Crippen LogP) is 4.02. The molecule has 2 aromatic rings. The van der Waals surface area contributed by atoms with Crippen LogP contribution in [0.1, 0.15) is 22.8 Å². The highest BCUT2D eigenvalue weighted by Gasteiger charge is 2.16. The maximum absolute atomic E-state index is 12.1. The van der Waals surface area contributed by atoms with E-state index in [1.165, 1.54) is 5.56 Å². The van der Waals surface area contributed by atoms with Gasteiger partial charge in [-0.05, 0) is 31.7 Å². The lowest BCUT2D eigenvalue weighted by molar-refractivity contribution is 0.0268. The van der Waals surface area contributed by atoms with Crippen molar-refractivity contribution in [2.75, 3.05) is 13.6 Å². The number of esters is 1. The second-order valence-corrected chi connectivity index (χ2v) is 5.79. The Balaban J connectivity index is 1.86. The van der Waals surface area contributed by atoms with E-state index in [1.54, 1.807) is 24.3 Å². The van der Waals surface area contributed by atoms with E-state index in [-0.39, 0.29) is 12.1 Å². The third-order valence-electron chi connectivity index (χ3n) is 3.27. The molecule has 0 spiro atoms. The van der Waals surface area contributed by atoms with E-state index in [9.17, 15) is 4.79 Å². The van der Waals surface area contributed by atoms with Gasteiger partial charge in [0.15, 0.2) is 0 Å². The van der Waals surface area contributed by atoms with Gasteiger partial charge in [-0.3, -0.25) is 4.90 Å². The quantitative estimate of drug-likeness (QED) is 0.754. The Bertz CT molecular complexity index is 615. The summed E-state index contributed by atoms with van der Waals surface area (Å²) in [6.07, 6.45) is -0.211. The number of ether oxygens (including phenoxy) is 1. The highest BCUT2D eigenvalue weighted by atomic mass is 35.5. The molecule has 0 aliphatic rings. The molecular weight excluding hydrogens is 298 g/mol. The van der Waals surface area contributed by atoms with Crippen LogP contribution in [0.5, 0.6) is 0 Å². The van der Waals surface area contributed by atoms with Crippen molar-refractivity contribution in [3.63, 3.8) is 0 Å². The van der Waals surface area contributed by atoms with Gasteiger partial charge in [0, 0.05) is 13.1 Å². The van der Waals surface area contributed by atoms with Crippen LogP contribution >= 0.6 is 11.6 Å². The highest BCUT2D eigenvalue weighted by molar-refractivity contribution is 6.33. The van der Waals surface area contributed by atoms with Gasteiger partial charge in [-0.25, -0.2) is 4.79 Å². The molecule has 1 unspecified atom stereocenters. The van der Waals surface area contributed by atoms with Crippen LogP contribution in [0, 0.1) is 0 Å². The number of likely N-dealkylation sites (N-methyl/N-ethyl adjacent to an activating group) is 1. The number of benzene rings is 2. The standard InChI is InChI=1S/C18H20ClNO2/c1-14(12-20(2)13-15-8-4-3-5-9-15)22-18(21)16-10-6-7-11-17(16)19/h3-11,14H,12-13H2,1-2H3. The first-order valence-corrected chi connectivity index (χ1v) is 7.62. The summed E-state index contributed by atoms with van der Waals surface area (Å²) >= 11 is 6.00. The zero-order valence-electron chi connectivity index (χ0n) is 12.8. The lowest BCUT2D eigenvalue weighted by Gasteiger charge is -2.21. The van der Waals surface area contributed by atoms with Gasteiger partial charge < -0.3 is 4.74 Å². The van der Waals surface area contributed by atoms with Crippen molar-refractivity contribution in [2.45, 2.75) is 19.6 Å². The second kappa shape index (κ2) is 7.97. The van der Waals surface area contributed by atoms with Crippen LogP contribution in [-0.4, -0.2) is 30.6 Å². The number of hydrogen-bond acceptors (Lipinski definition) is 3. The van der Waals surface area contributed by atoms with Crippen LogP contribution in [0.15, 0.2) is 54.6 Å². The highest BCUT2D eigenvalue weighted by Crippen LogP contribution is 2.16. The first kappa shape index (κ1) is 16.5. The van der Waals surface area contributed by atoms with Crippen molar-refractivity contribution >= 4 is 17.6 Å². The first-order valence-electron chi connectivity index (χ1n) is 7.24. The molecule has 22 heavy (non-hydrogen) atoms. The van der Waals surface area contributed by atoms with E-state index >= 15 is 0 Å². The first-order chi connectivity index (χ1) is 10.6. The van der Waals surface area contributed by atoms with E-state index in [4.69, 9.17) is 16.3 Å². The molecule has 3 nitrogen and oxygen atoms in total. The molecule has 0 fully saturated rings. The normalized spacial score (nSPS) is 12.2. The van der Waals surface area contributed by atoms with E-state index in [0.717, 1.165) is 6.54 Å². The number of carbonyl (C=O) groups excluding carboxylic acids is 1. The van der Waals surface area contributed by atoms with Crippen molar-refractivity contribution in [2.24, 2.45) is 0 Å². The summed E-state index contributed by atoms with van der Waals surface area (Å²) in [5.41, 5.74) is 1.64. The maximum Gasteiger partial charge on any atom is 0.339 e. The molecule has 1 atom stereocenters. The third-order valence-corrected chi connectivity index (χ3v) is 3.60. The Labute approximate surface area is 136 Å². The molecule has 0 saturated carbocycles. The summed E-state index contributed by atoms with van der Waals surface area (Å²) in [4.78, 5) is 14.2. The third kappa shape index (κ3) is 4.86. The number of carbonyl (C=O) groups is 1. The fourth-order valence-electron chi connectivity index (χ4n) is 2.31. The average molecular weight is 318 g/mol. The summed E-state index contributed by atoms with van der Waals surface area (Å²) < 4.78 is 5.46. The van der Waals surface area contributed by atoms with Crippen LogP contribution in [0.2, 0.25) is 5.02 Å². The number of nitrogens with zero attached hydrogens (tertiary/aromatic N) is 1. The van der Waals surface area contributed by atoms with Crippen molar-refractivity contribution in [3.8, 4) is 0 Å². The molecule has 0 heterocycles. The molecule has 116 valence electrons. The average Bonchev–Trinajstić information content (AvgIpc) is 2.48. The summed E-state index contributed by atoms with van der Waals surface area (Å²) in [6.45, 7) is 3.36. The monoisotopic (exact) mass is 317 g/mol. The largest absolute Gasteiger partial charge is 0.458 e. The van der Waals surface area contributed by atoms with Gasteiger partial charge in [-0.1, -0.05) is 54.1 Å². The lowest BCUT2D eigenvalue weighted by atomic mass is 10.2. The Hall–Kier alpha value is -1.84. The maximum atomic E-state index is 12.1. The number of hydrogen-bond donors (Lipinski definition) is 0. The SMILES string of the molecule is CC(CN(C)Cc1ccccc1)OC(=O)c1ccccc1Cl. The molecule has 0 radical (unpaired) electrons. The molecule has 0 bridgehead atoms. The topological polar surface area (TPSA) is 29.5 Å². The van der Waals surface area contributed by atoms with Gasteiger partial charge in [-0.15, -0.1) is 0 Å². The van der Waals surface area contributed by atoms with Crippen molar-refractivity contribution < 1.29 is 9.53 Å². The molecule has 0 saturated heterocycles. The summed E-state index contributed by atoms with van der Waals surface area (Å²) in [6, 6.07) is 17.1. The molecule has 2 aromatic carbocycles. The fourth-order valence-corrected chi connectivity index (χ4v) is 2.52. The molecule has 0 amide bonds. The molecule has 4 heteroatoms. The van der Waals surface area contributed by atoms with Gasteiger partial charge in [0.1, 0.15) is 6.10 Å². The van der Waals surface area contributed by atoms with Gasteiger partial charge in [0.2, 0.25) is 0 Å². The minimum Gasteiger partial charge on any atom is -0.458 e. The summed E-state index contributed by atoms with van der Waals surface area (Å²) in [5, 5.41) is 0.414. The van der Waals surface area contributed by atoms with Crippen LogP contribution in [0.25, 0.3) is 0 Å². The van der Waals surface area contributed by atoms with Crippen LogP contribution in [0.3, 0.4) is 0 Å². The van der Waals surface area contributed by atoms with Crippen molar-refractivity contribution in [1.29, 1.82) is 0 Å². The number of halogens is 1. The second-order valence-electron chi connectivity index (χ2n) is 5.38. The van der Waals surface area contributed by atoms with E-state index in [0.29, 0.717) is 17.1 Å². The summed E-state index contributed by atoms with van der Waals surface area (Å²) in [5.74, 6) is -0.383. The summed E-state index contributed by atoms with van der Waals surface area (Å²) in [7, 11) is 2.01. The lowest BCUT2D eigenvalue weighted by Crippen LogP contribution is -2.30. The van der Waals surface area contributed by atoms with E-state index in [2.05, 4.69) is 17.0 Å². The zero-order valence-corrected chi connectivity index (χ0v) is 13.6. The van der Waals surface area contributed by atoms with Gasteiger partial charge >= 0.3 is 5.97 Å². The minimum atomic E-state index is -0.383. The van der Waals surface area contributed by atoms with Crippen LogP contribution in [0.4, 0.5) is 0 Å². The molecule has 0 aromatic heterocycles. The Morgan fingerprint density at radius 1 is 1.14 bits per heavy atom. The van der Waals surface area contributed by atoms with E-state index in [1.807, 2.05) is 32.2 Å². The molecule has 0 N–H and O–H groups in total. The smallest absolute Gasteiger partial charge is 0.339 e. The zero-order chi connectivity index (χ0) is 15.9. The molecule has 0 aliphatic heterocycles. The Morgan fingerprint density at radius 2 is 1.77 bits per heavy atom. The van der Waals surface area contributed by atoms with Crippen molar-refractivity contribution in [1.82, 2.24) is 4.90 Å². The predicted molar refractivity (Wildman–Crippen MR) is 89.1 cm³/mol. The fraction of sp³-hybridized carbons (Fsp3) is 0.278. The van der Waals surface area contributed by atoms with Gasteiger partial charge in [0.25, 0.3) is 0 Å². The number of rotatable bonds is 6. The molecule has 0 aliphatic carbocycles. The van der Waals surface area contributed by atoms with Gasteiger partial charge in [0.05, 0.1) is 10.6 Å². The Morgan fingerprint density at radius 3 is 2.45 bits per heavy atom. The molecule has 2 rings (SSSR count). The Kier molecular flexibility index (Phi) is 5.99.